The molecule has 7 heteroatoms. The molecular formula is C44H28N6O. The van der Waals surface area contributed by atoms with Crippen molar-refractivity contribution in [2.45, 2.75) is 6.42 Å². The third-order valence-electron chi connectivity index (χ3n) is 10.1. The standard InChI is InChI=1S/C44H28N6O/c1-3-9-29(10-4-1)49-37-14-8-7-13-31(37)32-17-15-27(25-38(32)49)35-19-21-40-42(46-35)43-41(51-40)22-20-36(47-43)28-16-18-33-34-23-24-45-48-44(34)50(39(33)26-28)30-11-5-2-6-12-30/h1-22,25-26H,23-24H2. The van der Waals surface area contributed by atoms with Crippen molar-refractivity contribution in [2.75, 3.05) is 6.54 Å². The molecule has 51 heavy (non-hydrogen) atoms. The number of hydrogen-bond donors (Lipinski definition) is 0. The van der Waals surface area contributed by atoms with Crippen molar-refractivity contribution in [3.8, 4) is 33.9 Å². The van der Waals surface area contributed by atoms with Crippen LogP contribution in [-0.2, 0) is 6.42 Å². The van der Waals surface area contributed by atoms with Crippen LogP contribution in [0.4, 0.5) is 5.82 Å². The molecule has 0 bridgehead atoms. The summed E-state index contributed by atoms with van der Waals surface area (Å²) in [5.74, 6) is 0.905. The van der Waals surface area contributed by atoms with Crippen molar-refractivity contribution in [1.82, 2.24) is 19.1 Å². The summed E-state index contributed by atoms with van der Waals surface area (Å²) in [7, 11) is 0. The number of hydrogen-bond acceptors (Lipinski definition) is 5. The Balaban J connectivity index is 1.06. The van der Waals surface area contributed by atoms with E-state index in [4.69, 9.17) is 14.4 Å². The van der Waals surface area contributed by atoms with Gasteiger partial charge in [-0.3, -0.25) is 4.57 Å². The van der Waals surface area contributed by atoms with Gasteiger partial charge >= 0.3 is 0 Å². The maximum absolute atomic E-state index is 6.27. The number of azo groups is 1. The maximum atomic E-state index is 6.27. The van der Waals surface area contributed by atoms with Crippen LogP contribution < -0.4 is 0 Å². The Hall–Kier alpha value is -6.86. The SMILES string of the molecule is c1ccc(-n2c3c(c4ccc(-c5ccc6oc7ccc(-c8ccc9c%10ccccc%10n(-c%10ccccc%10)c9c8)nc7c6n5)cc42)CCN=N3)cc1. The van der Waals surface area contributed by atoms with Gasteiger partial charge in [0.2, 0.25) is 0 Å². The van der Waals surface area contributed by atoms with Crippen LogP contribution in [0.5, 0.6) is 0 Å². The minimum Gasteiger partial charge on any atom is -0.453 e. The second kappa shape index (κ2) is 10.8. The number of aromatic nitrogens is 4. The van der Waals surface area contributed by atoms with E-state index < -0.39 is 0 Å². The molecule has 1 aliphatic rings. The number of pyridine rings is 2. The zero-order chi connectivity index (χ0) is 33.5. The summed E-state index contributed by atoms with van der Waals surface area (Å²) in [6.45, 7) is 0.702. The third-order valence-corrected chi connectivity index (χ3v) is 10.1. The molecule has 0 unspecified atom stereocenters. The van der Waals surface area contributed by atoms with Crippen LogP contribution in [0.15, 0.2) is 160 Å². The molecule has 0 radical (unpaired) electrons. The Labute approximate surface area is 291 Å². The predicted molar refractivity (Wildman–Crippen MR) is 204 cm³/mol. The van der Waals surface area contributed by atoms with Crippen LogP contribution in [0, 0.1) is 0 Å². The third kappa shape index (κ3) is 4.25. The molecule has 10 aromatic rings. The molecular weight excluding hydrogens is 629 g/mol. The highest BCUT2D eigenvalue weighted by Crippen LogP contribution is 2.40. The monoisotopic (exact) mass is 656 g/mol. The van der Waals surface area contributed by atoms with Crippen molar-refractivity contribution < 1.29 is 4.42 Å². The van der Waals surface area contributed by atoms with Crippen molar-refractivity contribution in [3.63, 3.8) is 0 Å². The Morgan fingerprint density at radius 2 is 1.06 bits per heavy atom. The summed E-state index contributed by atoms with van der Waals surface area (Å²) >= 11 is 0. The fourth-order valence-electron chi connectivity index (χ4n) is 7.79. The summed E-state index contributed by atoms with van der Waals surface area (Å²) in [6.07, 6.45) is 0.870. The topological polar surface area (TPSA) is 73.5 Å². The summed E-state index contributed by atoms with van der Waals surface area (Å²) in [6, 6.07) is 50.7. The molecule has 0 aliphatic carbocycles. The zero-order valence-corrected chi connectivity index (χ0v) is 27.4. The van der Waals surface area contributed by atoms with Gasteiger partial charge in [0, 0.05) is 44.2 Å². The Kier molecular flexibility index (Phi) is 5.95. The molecule has 1 aliphatic heterocycles. The zero-order valence-electron chi connectivity index (χ0n) is 27.4. The molecule has 5 aromatic heterocycles. The highest BCUT2D eigenvalue weighted by Gasteiger charge is 2.22. The van der Waals surface area contributed by atoms with Gasteiger partial charge in [0.05, 0.1) is 34.5 Å². The van der Waals surface area contributed by atoms with Gasteiger partial charge in [-0.2, -0.15) is 5.11 Å². The lowest BCUT2D eigenvalue weighted by Crippen LogP contribution is -1.97. The molecule has 0 saturated carbocycles. The first kappa shape index (κ1) is 28.0. The largest absolute Gasteiger partial charge is 0.453 e. The van der Waals surface area contributed by atoms with E-state index in [2.05, 4.69) is 135 Å². The van der Waals surface area contributed by atoms with E-state index >= 15 is 0 Å². The van der Waals surface area contributed by atoms with Crippen LogP contribution in [0.3, 0.4) is 0 Å². The second-order valence-electron chi connectivity index (χ2n) is 13.0. The van der Waals surface area contributed by atoms with Gasteiger partial charge in [0.1, 0.15) is 11.0 Å². The lowest BCUT2D eigenvalue weighted by atomic mass is 10.0. The second-order valence-corrected chi connectivity index (χ2v) is 13.0. The van der Waals surface area contributed by atoms with Gasteiger partial charge in [-0.1, -0.05) is 78.9 Å². The van der Waals surface area contributed by atoms with Crippen LogP contribution in [0.1, 0.15) is 5.56 Å². The number of nitrogens with zero attached hydrogens (tertiary/aromatic N) is 6. The lowest BCUT2D eigenvalue weighted by molar-refractivity contribution is 0.667. The van der Waals surface area contributed by atoms with E-state index in [0.29, 0.717) is 17.7 Å². The van der Waals surface area contributed by atoms with Crippen molar-refractivity contribution in [1.29, 1.82) is 0 Å². The van der Waals surface area contributed by atoms with E-state index in [1.54, 1.807) is 0 Å². The highest BCUT2D eigenvalue weighted by atomic mass is 16.3. The molecule has 0 fully saturated rings. The fraction of sp³-hybridized carbons (Fsp3) is 0.0455. The Bertz CT molecular complexity index is 3020. The van der Waals surface area contributed by atoms with Gasteiger partial charge in [-0.15, -0.1) is 5.11 Å². The van der Waals surface area contributed by atoms with Crippen molar-refractivity contribution in [2.24, 2.45) is 10.2 Å². The van der Waals surface area contributed by atoms with Crippen molar-refractivity contribution >= 4 is 60.7 Å². The molecule has 240 valence electrons. The smallest absolute Gasteiger partial charge is 0.163 e. The van der Waals surface area contributed by atoms with E-state index in [-0.39, 0.29) is 0 Å². The summed E-state index contributed by atoms with van der Waals surface area (Å²) in [4.78, 5) is 10.4. The molecule has 0 N–H and O–H groups in total. The number of rotatable bonds is 4. The number of fused-ring (bicyclic) bond motifs is 9. The van der Waals surface area contributed by atoms with Gasteiger partial charge in [-0.25, -0.2) is 9.97 Å². The van der Waals surface area contributed by atoms with E-state index in [1.807, 2.05) is 30.3 Å². The first-order chi connectivity index (χ1) is 25.3. The van der Waals surface area contributed by atoms with Crippen LogP contribution in [-0.4, -0.2) is 25.6 Å². The van der Waals surface area contributed by atoms with Crippen molar-refractivity contribution in [3.05, 3.63) is 151 Å². The first-order valence-electron chi connectivity index (χ1n) is 17.2. The molecule has 5 aromatic carbocycles. The van der Waals surface area contributed by atoms with Gasteiger partial charge < -0.3 is 8.98 Å². The normalized spacial score (nSPS) is 12.9. The summed E-state index contributed by atoms with van der Waals surface area (Å²) in [5, 5.41) is 12.6. The Morgan fingerprint density at radius 1 is 0.490 bits per heavy atom. The molecule has 0 spiro atoms. The van der Waals surface area contributed by atoms with Gasteiger partial charge in [-0.05, 0) is 73.2 Å². The molecule has 0 atom stereocenters. The Morgan fingerprint density at radius 3 is 1.75 bits per heavy atom. The molecule has 6 heterocycles. The number of para-hydroxylation sites is 3. The van der Waals surface area contributed by atoms with Crippen LogP contribution in [0.25, 0.3) is 88.8 Å². The number of benzene rings is 5. The minimum atomic E-state index is 0.702. The van der Waals surface area contributed by atoms with E-state index in [1.165, 1.54) is 27.2 Å². The average Bonchev–Trinajstić information content (AvgIpc) is 3.85. The molecule has 11 rings (SSSR count). The van der Waals surface area contributed by atoms with Crippen LogP contribution in [0.2, 0.25) is 0 Å². The highest BCUT2D eigenvalue weighted by molar-refractivity contribution is 6.10. The fourth-order valence-corrected chi connectivity index (χ4v) is 7.79. The quantitative estimate of drug-likeness (QED) is 0.189. The molecule has 0 saturated heterocycles. The first-order valence-corrected chi connectivity index (χ1v) is 17.2. The van der Waals surface area contributed by atoms with Gasteiger partial charge in [0.25, 0.3) is 0 Å². The molecule has 7 nitrogen and oxygen atoms in total. The average molecular weight is 657 g/mol. The summed E-state index contributed by atoms with van der Waals surface area (Å²) in [5.41, 5.74) is 13.5. The maximum Gasteiger partial charge on any atom is 0.163 e. The van der Waals surface area contributed by atoms with E-state index in [9.17, 15) is 0 Å². The van der Waals surface area contributed by atoms with Crippen LogP contribution >= 0.6 is 0 Å². The van der Waals surface area contributed by atoms with Gasteiger partial charge in [0.15, 0.2) is 17.0 Å². The minimum absolute atomic E-state index is 0.702. The number of furan rings is 1. The lowest BCUT2D eigenvalue weighted by Gasteiger charge is -2.10. The predicted octanol–water partition coefficient (Wildman–Crippen LogP) is 11.4. The summed E-state index contributed by atoms with van der Waals surface area (Å²) < 4.78 is 10.8. The van der Waals surface area contributed by atoms with E-state index in [0.717, 1.165) is 68.2 Å². The molecule has 0 amide bonds.